The topological polar surface area (TPSA) is 78.2 Å². The third-order valence-electron chi connectivity index (χ3n) is 6.36. The van der Waals surface area contributed by atoms with Crippen molar-refractivity contribution in [1.29, 1.82) is 0 Å². The van der Waals surface area contributed by atoms with Crippen LogP contribution in [0.25, 0.3) is 0 Å². The minimum Gasteiger partial charge on any atom is -0.480 e. The molecule has 1 unspecified atom stereocenters. The van der Waals surface area contributed by atoms with Crippen LogP contribution in [-0.4, -0.2) is 45.2 Å². The van der Waals surface area contributed by atoms with Crippen LogP contribution in [0.15, 0.2) is 30.5 Å². The summed E-state index contributed by atoms with van der Waals surface area (Å²) < 4.78 is 48.7. The van der Waals surface area contributed by atoms with Gasteiger partial charge >= 0.3 is 6.01 Å². The van der Waals surface area contributed by atoms with Crippen molar-refractivity contribution in [3.05, 3.63) is 47.1 Å². The van der Waals surface area contributed by atoms with Crippen molar-refractivity contribution in [3.8, 4) is 17.6 Å². The third-order valence-corrected chi connectivity index (χ3v) is 6.65. The zero-order valence-electron chi connectivity index (χ0n) is 20.4. The number of ether oxygens (including phenoxy) is 2. The second-order valence-corrected chi connectivity index (χ2v) is 8.63. The first kappa shape index (κ1) is 17.6. The number of aromatic nitrogens is 5. The van der Waals surface area contributed by atoms with Crippen molar-refractivity contribution in [3.63, 3.8) is 0 Å². The lowest BCUT2D eigenvalue weighted by molar-refractivity contribution is 0.265. The van der Waals surface area contributed by atoms with Crippen LogP contribution >= 0.6 is 11.6 Å². The molecule has 168 valence electrons. The fraction of sp³-hybridized carbons (Fsp3) is 0.455. The number of anilines is 1. The number of fused-ring (bicyclic) bond motifs is 2. The van der Waals surface area contributed by atoms with E-state index in [1.165, 1.54) is 12.1 Å². The SMILES string of the molecule is [2H]C([2H])([2H])n1nc(CC2[C@@H]3CC[C@H]2CN(c2cnnc(OC)c2)C3)nc1Oc1ccc(F)c(Cl)c1. The molecule has 3 heterocycles. The van der Waals surface area contributed by atoms with Gasteiger partial charge in [-0.05, 0) is 42.7 Å². The van der Waals surface area contributed by atoms with Gasteiger partial charge in [0.2, 0.25) is 5.88 Å². The second-order valence-electron chi connectivity index (χ2n) is 8.23. The molecular formula is C22H24ClFN6O2. The minimum absolute atomic E-state index is 0.131. The molecule has 8 nitrogen and oxygen atoms in total. The summed E-state index contributed by atoms with van der Waals surface area (Å²) >= 11 is 5.83. The van der Waals surface area contributed by atoms with Crippen molar-refractivity contribution < 1.29 is 18.0 Å². The van der Waals surface area contributed by atoms with Crippen LogP contribution < -0.4 is 14.4 Å². The molecule has 5 rings (SSSR count). The van der Waals surface area contributed by atoms with E-state index in [9.17, 15) is 4.39 Å². The molecule has 10 heteroatoms. The number of hydrogen-bond donors (Lipinski definition) is 0. The first-order valence-electron chi connectivity index (χ1n) is 11.9. The molecule has 1 saturated carbocycles. The molecule has 2 aromatic heterocycles. The summed E-state index contributed by atoms with van der Waals surface area (Å²) in [6.45, 7) is -0.874. The first-order chi connectivity index (χ1) is 16.7. The molecule has 2 fully saturated rings. The largest absolute Gasteiger partial charge is 0.480 e. The highest BCUT2D eigenvalue weighted by atomic mass is 35.5. The van der Waals surface area contributed by atoms with Gasteiger partial charge in [-0.3, -0.25) is 0 Å². The van der Waals surface area contributed by atoms with E-state index in [1.54, 1.807) is 13.3 Å². The van der Waals surface area contributed by atoms with E-state index in [2.05, 4.69) is 25.2 Å². The van der Waals surface area contributed by atoms with Gasteiger partial charge in [-0.1, -0.05) is 11.6 Å². The smallest absolute Gasteiger partial charge is 0.320 e. The summed E-state index contributed by atoms with van der Waals surface area (Å²) in [4.78, 5) is 6.70. The van der Waals surface area contributed by atoms with Crippen LogP contribution in [0.4, 0.5) is 10.1 Å². The highest BCUT2D eigenvalue weighted by Crippen LogP contribution is 2.44. The van der Waals surface area contributed by atoms with E-state index in [0.717, 1.165) is 42.4 Å². The Kier molecular flexibility index (Phi) is 4.69. The summed E-state index contributed by atoms with van der Waals surface area (Å²) in [5.41, 5.74) is 0.977. The van der Waals surface area contributed by atoms with Crippen LogP contribution in [0.1, 0.15) is 22.8 Å². The Hall–Kier alpha value is -2.94. The number of halogens is 2. The number of rotatable bonds is 6. The van der Waals surface area contributed by atoms with E-state index in [1.807, 2.05) is 6.07 Å². The van der Waals surface area contributed by atoms with Crippen LogP contribution in [0, 0.1) is 23.6 Å². The van der Waals surface area contributed by atoms with Crippen LogP contribution in [0.3, 0.4) is 0 Å². The quantitative estimate of drug-likeness (QED) is 0.550. The number of methoxy groups -OCH3 is 1. The lowest BCUT2D eigenvalue weighted by Gasteiger charge is -2.38. The molecule has 2 aliphatic rings. The van der Waals surface area contributed by atoms with E-state index in [4.69, 9.17) is 25.2 Å². The number of piperidine rings is 1. The van der Waals surface area contributed by atoms with Gasteiger partial charge in [0.05, 0.1) is 24.0 Å². The minimum atomic E-state index is -2.58. The zero-order valence-corrected chi connectivity index (χ0v) is 18.2. The fourth-order valence-electron chi connectivity index (χ4n) is 4.84. The summed E-state index contributed by atoms with van der Waals surface area (Å²) in [5, 5.41) is 12.1. The lowest BCUT2D eigenvalue weighted by atomic mass is 9.82. The summed E-state index contributed by atoms with van der Waals surface area (Å²) in [5.74, 6) is 1.61. The molecular weight excluding hydrogens is 435 g/mol. The number of benzene rings is 1. The average molecular weight is 462 g/mol. The molecule has 0 amide bonds. The van der Waals surface area contributed by atoms with Gasteiger partial charge in [-0.25, -0.2) is 9.07 Å². The average Bonchev–Trinajstić information content (AvgIpc) is 3.32. The Balaban J connectivity index is 1.34. The normalized spacial score (nSPS) is 24.0. The molecule has 0 spiro atoms. The predicted molar refractivity (Wildman–Crippen MR) is 117 cm³/mol. The molecule has 0 radical (unpaired) electrons. The predicted octanol–water partition coefficient (Wildman–Crippen LogP) is 3.90. The molecule has 1 aliphatic carbocycles. The van der Waals surface area contributed by atoms with Gasteiger partial charge in [0.1, 0.15) is 11.6 Å². The molecule has 2 bridgehead atoms. The maximum Gasteiger partial charge on any atom is 0.320 e. The highest BCUT2D eigenvalue weighted by Gasteiger charge is 2.42. The molecule has 3 atom stereocenters. The van der Waals surface area contributed by atoms with Crippen molar-refractivity contribution in [1.82, 2.24) is 25.0 Å². The maximum atomic E-state index is 13.5. The van der Waals surface area contributed by atoms with Crippen LogP contribution in [0.2, 0.25) is 5.02 Å². The second kappa shape index (κ2) is 8.54. The molecule has 1 aromatic carbocycles. The van der Waals surface area contributed by atoms with Crippen molar-refractivity contribution in [2.45, 2.75) is 19.3 Å². The van der Waals surface area contributed by atoms with Crippen molar-refractivity contribution in [2.24, 2.45) is 24.7 Å². The Labute approximate surface area is 194 Å². The van der Waals surface area contributed by atoms with Gasteiger partial charge in [0.25, 0.3) is 0 Å². The molecule has 0 N–H and O–H groups in total. The zero-order chi connectivity index (χ0) is 24.7. The lowest BCUT2D eigenvalue weighted by Crippen LogP contribution is -2.42. The number of hydrogen-bond acceptors (Lipinski definition) is 7. The summed E-state index contributed by atoms with van der Waals surface area (Å²) in [6, 6.07) is 5.49. The molecule has 32 heavy (non-hydrogen) atoms. The van der Waals surface area contributed by atoms with Crippen molar-refractivity contribution >= 4 is 17.3 Å². The highest BCUT2D eigenvalue weighted by molar-refractivity contribution is 6.30. The molecule has 1 aliphatic heterocycles. The van der Waals surface area contributed by atoms with Crippen molar-refractivity contribution in [2.75, 3.05) is 25.1 Å². The Morgan fingerprint density at radius 3 is 2.78 bits per heavy atom. The number of aryl methyl sites for hydroxylation is 1. The monoisotopic (exact) mass is 461 g/mol. The van der Waals surface area contributed by atoms with E-state index in [-0.39, 0.29) is 16.8 Å². The van der Waals surface area contributed by atoms with Crippen LogP contribution in [0.5, 0.6) is 17.6 Å². The van der Waals surface area contributed by atoms with Gasteiger partial charge in [0, 0.05) is 42.7 Å². The molecule has 1 saturated heterocycles. The van der Waals surface area contributed by atoms with Gasteiger partial charge in [0.15, 0.2) is 5.82 Å². The molecule has 3 aromatic rings. The summed E-state index contributed by atoms with van der Waals surface area (Å²) in [6.07, 6.45) is 4.45. The number of nitrogens with zero attached hydrogens (tertiary/aromatic N) is 6. The first-order valence-corrected chi connectivity index (χ1v) is 10.8. The Morgan fingerprint density at radius 2 is 2.06 bits per heavy atom. The van der Waals surface area contributed by atoms with Gasteiger partial charge in [-0.2, -0.15) is 15.2 Å². The van der Waals surface area contributed by atoms with Crippen LogP contribution in [-0.2, 0) is 13.4 Å². The summed E-state index contributed by atoms with van der Waals surface area (Å²) in [7, 11) is 1.57. The standard InChI is InChI=1S/C22H24ClFN6O2/c1-29-22(32-16-5-6-19(24)18(23)8-16)26-20(28-29)9-17-13-3-4-14(17)12-30(11-13)15-7-21(31-2)27-25-10-15/h5-8,10,13-14,17H,3-4,9,11-12H2,1-2H3/t13-,14+,17?/i1D3. The Bertz CT molecular complexity index is 1210. The fourth-order valence-corrected chi connectivity index (χ4v) is 5.01. The van der Waals surface area contributed by atoms with E-state index < -0.39 is 12.8 Å². The van der Waals surface area contributed by atoms with Gasteiger partial charge < -0.3 is 14.4 Å². The van der Waals surface area contributed by atoms with E-state index >= 15 is 0 Å². The maximum absolute atomic E-state index is 13.5. The Morgan fingerprint density at radius 1 is 1.25 bits per heavy atom. The van der Waals surface area contributed by atoms with E-state index in [0.29, 0.717) is 35.9 Å². The third kappa shape index (κ3) is 4.09. The van der Waals surface area contributed by atoms with Gasteiger partial charge in [-0.15, -0.1) is 5.10 Å².